The van der Waals surface area contributed by atoms with E-state index in [0.717, 1.165) is 0 Å². The lowest BCUT2D eigenvalue weighted by atomic mass is 9.97. The van der Waals surface area contributed by atoms with Crippen molar-refractivity contribution in [2.75, 3.05) is 0 Å². The second kappa shape index (κ2) is 8.50. The molecule has 148 valence electrons. The van der Waals surface area contributed by atoms with E-state index < -0.39 is 24.1 Å². The highest BCUT2D eigenvalue weighted by Crippen LogP contribution is 2.28. The van der Waals surface area contributed by atoms with Gasteiger partial charge in [-0.3, -0.25) is 9.59 Å². The van der Waals surface area contributed by atoms with Gasteiger partial charge in [0.15, 0.2) is 6.29 Å². The number of rotatable bonds is 4. The van der Waals surface area contributed by atoms with Crippen LogP contribution in [0.3, 0.4) is 0 Å². The summed E-state index contributed by atoms with van der Waals surface area (Å²) in [5.41, 5.74) is -0.560. The van der Waals surface area contributed by atoms with Gasteiger partial charge in [0, 0.05) is 13.3 Å². The lowest BCUT2D eigenvalue weighted by Gasteiger charge is -2.37. The molecule has 0 radical (unpaired) electrons. The minimum absolute atomic E-state index is 0.174. The van der Waals surface area contributed by atoms with Crippen molar-refractivity contribution in [2.45, 2.75) is 91.4 Å². The lowest BCUT2D eigenvalue weighted by molar-refractivity contribution is -0.258. The van der Waals surface area contributed by atoms with Crippen LogP contribution in [0.4, 0.5) is 0 Å². The Morgan fingerprint density at radius 1 is 1.00 bits per heavy atom. The van der Waals surface area contributed by atoms with Gasteiger partial charge in [-0.05, 0) is 53.2 Å². The molecule has 7 nitrogen and oxygen atoms in total. The molecule has 1 saturated heterocycles. The molecule has 1 unspecified atom stereocenters. The van der Waals surface area contributed by atoms with Crippen LogP contribution < -0.4 is 0 Å². The Morgan fingerprint density at radius 2 is 1.69 bits per heavy atom. The van der Waals surface area contributed by atoms with Gasteiger partial charge in [-0.2, -0.15) is 0 Å². The first-order valence-electron chi connectivity index (χ1n) is 9.09. The zero-order valence-electron chi connectivity index (χ0n) is 16.4. The summed E-state index contributed by atoms with van der Waals surface area (Å²) < 4.78 is 28.1. The van der Waals surface area contributed by atoms with Crippen LogP contribution in [0.15, 0.2) is 12.2 Å². The van der Waals surface area contributed by atoms with Crippen molar-refractivity contribution in [3.63, 3.8) is 0 Å². The second-order valence-corrected chi connectivity index (χ2v) is 7.85. The van der Waals surface area contributed by atoms with E-state index in [1.165, 1.54) is 6.92 Å². The van der Waals surface area contributed by atoms with Gasteiger partial charge in [0.25, 0.3) is 0 Å². The second-order valence-electron chi connectivity index (χ2n) is 7.85. The molecular weight excluding hydrogens is 340 g/mol. The van der Waals surface area contributed by atoms with E-state index in [2.05, 4.69) is 0 Å². The molecule has 0 aliphatic carbocycles. The number of hydrogen-bond acceptors (Lipinski definition) is 7. The minimum atomic E-state index is -0.560. The topological polar surface area (TPSA) is 80.3 Å². The van der Waals surface area contributed by atoms with Gasteiger partial charge in [0.05, 0.1) is 23.7 Å². The van der Waals surface area contributed by atoms with Crippen LogP contribution in [0.25, 0.3) is 0 Å². The van der Waals surface area contributed by atoms with Crippen LogP contribution in [0.5, 0.6) is 0 Å². The van der Waals surface area contributed by atoms with Crippen molar-refractivity contribution in [2.24, 2.45) is 5.41 Å². The van der Waals surface area contributed by atoms with E-state index in [4.69, 9.17) is 23.7 Å². The maximum absolute atomic E-state index is 12.0. The Bertz CT molecular complexity index is 536. The summed E-state index contributed by atoms with van der Waals surface area (Å²) in [4.78, 5) is 23.1. The van der Waals surface area contributed by atoms with Gasteiger partial charge >= 0.3 is 11.9 Å². The van der Waals surface area contributed by atoms with Crippen LogP contribution in [0.1, 0.15) is 54.4 Å². The third-order valence-corrected chi connectivity index (χ3v) is 4.31. The normalized spacial score (nSPS) is 35.0. The molecule has 2 aliphatic rings. The smallest absolute Gasteiger partial charge is 0.313 e. The maximum Gasteiger partial charge on any atom is 0.313 e. The summed E-state index contributed by atoms with van der Waals surface area (Å²) in [6.07, 6.45) is 2.59. The van der Waals surface area contributed by atoms with Crippen LogP contribution in [-0.4, -0.2) is 48.9 Å². The molecule has 0 aromatic rings. The first kappa shape index (κ1) is 20.9. The largest absolute Gasteiger partial charge is 0.456 e. The van der Waals surface area contributed by atoms with E-state index in [1.807, 2.05) is 34.6 Å². The molecule has 26 heavy (non-hydrogen) atoms. The Balaban J connectivity index is 1.83. The molecule has 0 aromatic carbocycles. The van der Waals surface area contributed by atoms with Gasteiger partial charge in [0.2, 0.25) is 6.29 Å². The van der Waals surface area contributed by atoms with Gasteiger partial charge in [-0.25, -0.2) is 0 Å². The number of hydrogen-bond donors (Lipinski definition) is 0. The number of carbonyl (C=O) groups excluding carboxylic acids is 2. The Labute approximate surface area is 154 Å². The van der Waals surface area contributed by atoms with E-state index in [1.54, 1.807) is 12.2 Å². The fraction of sp³-hybridized carbons (Fsp3) is 0.789. The first-order chi connectivity index (χ1) is 12.1. The molecule has 0 N–H and O–H groups in total. The van der Waals surface area contributed by atoms with Crippen molar-refractivity contribution in [1.82, 2.24) is 0 Å². The van der Waals surface area contributed by atoms with Crippen LogP contribution in [-0.2, 0) is 33.3 Å². The van der Waals surface area contributed by atoms with Crippen LogP contribution in [0, 0.1) is 5.41 Å². The highest BCUT2D eigenvalue weighted by atomic mass is 16.7. The van der Waals surface area contributed by atoms with E-state index in [0.29, 0.717) is 12.8 Å². The summed E-state index contributed by atoms with van der Waals surface area (Å²) in [7, 11) is 0. The molecule has 0 bridgehead atoms. The third kappa shape index (κ3) is 5.79. The minimum Gasteiger partial charge on any atom is -0.456 e. The van der Waals surface area contributed by atoms with Gasteiger partial charge in [0.1, 0.15) is 6.10 Å². The number of ether oxygens (including phenoxy) is 5. The van der Waals surface area contributed by atoms with Crippen molar-refractivity contribution < 1.29 is 33.3 Å². The van der Waals surface area contributed by atoms with E-state index in [9.17, 15) is 9.59 Å². The molecule has 7 heteroatoms. The van der Waals surface area contributed by atoms with Crippen LogP contribution in [0.2, 0.25) is 0 Å². The molecular formula is C19H30O7. The average molecular weight is 370 g/mol. The molecule has 0 saturated carbocycles. The van der Waals surface area contributed by atoms with E-state index in [-0.39, 0.29) is 30.3 Å². The van der Waals surface area contributed by atoms with Gasteiger partial charge in [-0.1, -0.05) is 0 Å². The predicted molar refractivity (Wildman–Crippen MR) is 93.0 cm³/mol. The maximum atomic E-state index is 12.0. The Kier molecular flexibility index (Phi) is 6.82. The van der Waals surface area contributed by atoms with Crippen molar-refractivity contribution in [1.29, 1.82) is 0 Å². The molecule has 6 atom stereocenters. The zero-order chi connectivity index (χ0) is 19.5. The standard InChI is InChI=1S/C19H30O7/c1-11-14(24-13(3)20)7-9-16(22-11)25-15-8-10-17(23-12(15)2)26-18(21)19(4,5)6/h7,9,11-12,14-17H,8,10H2,1-6H3/t11-,12-,14?,15+,16+,17-/m1/s1. The van der Waals surface area contributed by atoms with Crippen molar-refractivity contribution in [3.8, 4) is 0 Å². The monoisotopic (exact) mass is 370 g/mol. The SMILES string of the molecule is CC(=O)OC1C=C[C@H](O[C@H]2CC[C@@H](OC(=O)C(C)(C)C)O[C@@H]2C)O[C@@H]1C. The first-order valence-corrected chi connectivity index (χ1v) is 9.09. The predicted octanol–water partition coefficient (Wildman–Crippen LogP) is 2.72. The fourth-order valence-electron chi connectivity index (χ4n) is 2.76. The van der Waals surface area contributed by atoms with Crippen molar-refractivity contribution in [3.05, 3.63) is 12.2 Å². The zero-order valence-corrected chi connectivity index (χ0v) is 16.4. The third-order valence-electron chi connectivity index (χ3n) is 4.31. The summed E-state index contributed by atoms with van der Waals surface area (Å²) in [6.45, 7) is 10.5. The highest BCUT2D eigenvalue weighted by Gasteiger charge is 2.36. The number of carbonyl (C=O) groups is 2. The quantitative estimate of drug-likeness (QED) is 0.556. The summed E-state index contributed by atoms with van der Waals surface area (Å²) >= 11 is 0. The molecule has 0 aromatic heterocycles. The molecule has 2 heterocycles. The molecule has 1 fully saturated rings. The van der Waals surface area contributed by atoms with Gasteiger partial charge in [-0.15, -0.1) is 0 Å². The lowest BCUT2D eigenvalue weighted by Crippen LogP contribution is -2.45. The molecule has 0 spiro atoms. The van der Waals surface area contributed by atoms with E-state index >= 15 is 0 Å². The van der Waals surface area contributed by atoms with Crippen molar-refractivity contribution >= 4 is 11.9 Å². The molecule has 2 rings (SSSR count). The Morgan fingerprint density at radius 3 is 2.23 bits per heavy atom. The Hall–Kier alpha value is -1.44. The summed E-state index contributed by atoms with van der Waals surface area (Å²) in [6, 6.07) is 0. The molecule has 2 aliphatic heterocycles. The number of esters is 2. The molecule has 0 amide bonds. The summed E-state index contributed by atoms with van der Waals surface area (Å²) in [5, 5.41) is 0. The average Bonchev–Trinajstić information content (AvgIpc) is 2.51. The van der Waals surface area contributed by atoms with Gasteiger partial charge < -0.3 is 23.7 Å². The van der Waals surface area contributed by atoms with Crippen LogP contribution >= 0.6 is 0 Å². The summed E-state index contributed by atoms with van der Waals surface area (Å²) in [5.74, 6) is -0.627. The fourth-order valence-corrected chi connectivity index (χ4v) is 2.76. The highest BCUT2D eigenvalue weighted by molar-refractivity contribution is 5.75.